The number of Topliss-reactive ketones (excluding diaryl/α,β-unsaturated/α-hetero) is 1. The molecule has 0 spiro atoms. The first-order valence-corrected chi connectivity index (χ1v) is 8.98. The van der Waals surface area contributed by atoms with Crippen LogP contribution in [0.2, 0.25) is 0 Å². The van der Waals surface area contributed by atoms with Gasteiger partial charge in [0.05, 0.1) is 12.8 Å². The highest BCUT2D eigenvalue weighted by Crippen LogP contribution is 2.21. The van der Waals surface area contributed by atoms with E-state index < -0.39 is 0 Å². The minimum absolute atomic E-state index is 0.00716. The number of allylic oxidation sites excluding steroid dienone is 1. The first-order chi connectivity index (χ1) is 13.4. The summed E-state index contributed by atoms with van der Waals surface area (Å²) in [6.45, 7) is 3.84. The minimum atomic E-state index is -0.167. The molecule has 0 aliphatic carbocycles. The molecule has 1 N–H and O–H groups in total. The van der Waals surface area contributed by atoms with E-state index in [1.165, 1.54) is 11.1 Å². The minimum Gasteiger partial charge on any atom is -0.378 e. The van der Waals surface area contributed by atoms with Crippen LogP contribution in [0.4, 0.5) is 11.5 Å². The van der Waals surface area contributed by atoms with Gasteiger partial charge in [0.25, 0.3) is 0 Å². The summed E-state index contributed by atoms with van der Waals surface area (Å²) in [6.07, 6.45) is 4.21. The molecule has 2 aromatic rings. The van der Waals surface area contributed by atoms with E-state index in [9.17, 15) is 9.59 Å². The van der Waals surface area contributed by atoms with Crippen molar-refractivity contribution < 1.29 is 9.59 Å². The number of nitrogens with zero attached hydrogens (tertiary/aromatic N) is 4. The number of amides is 1. The molecular weight excluding hydrogens is 354 g/mol. The first kappa shape index (κ1) is 19.3. The molecule has 1 aromatic heterocycles. The van der Waals surface area contributed by atoms with E-state index in [2.05, 4.69) is 22.1 Å². The number of aromatic nitrogens is 1. The maximum Gasteiger partial charge on any atom is 0.227 e. The third-order valence-electron chi connectivity index (χ3n) is 4.50. The van der Waals surface area contributed by atoms with Gasteiger partial charge in [0, 0.05) is 43.7 Å². The van der Waals surface area contributed by atoms with Gasteiger partial charge < -0.3 is 9.80 Å². The molecule has 1 fully saturated rings. The summed E-state index contributed by atoms with van der Waals surface area (Å²) in [7, 11) is 3.98. The van der Waals surface area contributed by atoms with E-state index in [4.69, 9.17) is 0 Å². The molecule has 28 heavy (non-hydrogen) atoms. The Morgan fingerprint density at radius 3 is 2.57 bits per heavy atom. The molecule has 1 saturated heterocycles. The second-order valence-corrected chi connectivity index (χ2v) is 6.76. The smallest absolute Gasteiger partial charge is 0.227 e. The third-order valence-corrected chi connectivity index (χ3v) is 4.50. The maximum absolute atomic E-state index is 12.3. The summed E-state index contributed by atoms with van der Waals surface area (Å²) in [5.74, 6) is 0.303. The number of nitrogens with one attached hydrogen (secondary N) is 1. The normalized spacial score (nSPS) is 14.0. The van der Waals surface area contributed by atoms with E-state index in [0.717, 1.165) is 11.3 Å². The molecule has 0 bridgehead atoms. The lowest BCUT2D eigenvalue weighted by molar-refractivity contribution is -0.126. The predicted octanol–water partition coefficient (Wildman–Crippen LogP) is 2.91. The first-order valence-electron chi connectivity index (χ1n) is 8.98. The van der Waals surface area contributed by atoms with Crippen molar-refractivity contribution in [2.75, 3.05) is 31.0 Å². The summed E-state index contributed by atoms with van der Waals surface area (Å²) in [5, 5.41) is 4.16. The SMILES string of the molecule is C=C1CCC(=O)N1CC(=O)c1ccc(N/N=C/c2ccc(N(C)C)cc2)nc1. The van der Waals surface area contributed by atoms with Crippen molar-refractivity contribution in [2.45, 2.75) is 12.8 Å². The number of carbonyl (C=O) groups excluding carboxylic acids is 2. The number of pyridine rings is 1. The zero-order valence-corrected chi connectivity index (χ0v) is 16.1. The van der Waals surface area contributed by atoms with Crippen LogP contribution in [0, 0.1) is 0 Å². The lowest BCUT2D eigenvalue weighted by Gasteiger charge is -2.15. The van der Waals surface area contributed by atoms with Crippen molar-refractivity contribution in [1.29, 1.82) is 0 Å². The van der Waals surface area contributed by atoms with Gasteiger partial charge in [-0.25, -0.2) is 4.98 Å². The van der Waals surface area contributed by atoms with Crippen molar-refractivity contribution >= 4 is 29.4 Å². The Labute approximate surface area is 164 Å². The number of likely N-dealkylation sites (tertiary alicyclic amines) is 1. The number of benzene rings is 1. The van der Waals surface area contributed by atoms with Crippen LogP contribution in [0.5, 0.6) is 0 Å². The van der Waals surface area contributed by atoms with Gasteiger partial charge in [0.2, 0.25) is 5.91 Å². The quantitative estimate of drug-likeness (QED) is 0.456. The molecule has 0 unspecified atom stereocenters. The number of rotatable bonds is 7. The third kappa shape index (κ3) is 4.62. The van der Waals surface area contributed by atoms with Crippen LogP contribution in [-0.4, -0.2) is 48.4 Å². The maximum atomic E-state index is 12.3. The fraction of sp³-hybridized carbons (Fsp3) is 0.238. The monoisotopic (exact) mass is 377 g/mol. The Kier molecular flexibility index (Phi) is 5.84. The molecule has 1 aromatic carbocycles. The van der Waals surface area contributed by atoms with Crippen LogP contribution >= 0.6 is 0 Å². The predicted molar refractivity (Wildman–Crippen MR) is 111 cm³/mol. The molecule has 144 valence electrons. The summed E-state index contributed by atoms with van der Waals surface area (Å²) in [6, 6.07) is 11.3. The Hall–Kier alpha value is -3.48. The average Bonchev–Trinajstić information content (AvgIpc) is 3.01. The van der Waals surface area contributed by atoms with Gasteiger partial charge >= 0.3 is 0 Å². The van der Waals surface area contributed by atoms with Gasteiger partial charge in [0.1, 0.15) is 5.82 Å². The Balaban J connectivity index is 1.56. The molecule has 1 aliphatic heterocycles. The van der Waals surface area contributed by atoms with Crippen molar-refractivity contribution in [2.24, 2.45) is 5.10 Å². The summed E-state index contributed by atoms with van der Waals surface area (Å²) >= 11 is 0. The van der Waals surface area contributed by atoms with E-state index in [0.29, 0.717) is 29.9 Å². The highest BCUT2D eigenvalue weighted by molar-refractivity contribution is 6.00. The molecule has 0 saturated carbocycles. The van der Waals surface area contributed by atoms with Gasteiger partial charge in [-0.2, -0.15) is 5.10 Å². The van der Waals surface area contributed by atoms with Gasteiger partial charge in [-0.1, -0.05) is 18.7 Å². The van der Waals surface area contributed by atoms with Crippen molar-refractivity contribution in [3.05, 3.63) is 66.0 Å². The molecule has 0 radical (unpaired) electrons. The molecule has 2 heterocycles. The highest BCUT2D eigenvalue weighted by Gasteiger charge is 2.26. The number of carbonyl (C=O) groups is 2. The molecular formula is C21H23N5O2. The topological polar surface area (TPSA) is 77.9 Å². The van der Waals surface area contributed by atoms with E-state index in [-0.39, 0.29) is 18.2 Å². The van der Waals surface area contributed by atoms with Gasteiger partial charge in [-0.3, -0.25) is 15.0 Å². The summed E-state index contributed by atoms with van der Waals surface area (Å²) in [5.41, 5.74) is 6.06. The number of hydrogen-bond donors (Lipinski definition) is 1. The zero-order chi connectivity index (χ0) is 20.1. The second-order valence-electron chi connectivity index (χ2n) is 6.76. The number of anilines is 2. The molecule has 7 nitrogen and oxygen atoms in total. The molecule has 1 amide bonds. The Morgan fingerprint density at radius 2 is 2.00 bits per heavy atom. The van der Waals surface area contributed by atoms with E-state index in [1.54, 1.807) is 18.3 Å². The van der Waals surface area contributed by atoms with Gasteiger partial charge in [-0.15, -0.1) is 0 Å². The molecule has 3 rings (SSSR count). The molecule has 1 aliphatic rings. The zero-order valence-electron chi connectivity index (χ0n) is 16.1. The fourth-order valence-electron chi connectivity index (χ4n) is 2.79. The van der Waals surface area contributed by atoms with Crippen LogP contribution < -0.4 is 10.3 Å². The Morgan fingerprint density at radius 1 is 1.25 bits per heavy atom. The van der Waals surface area contributed by atoms with Gasteiger partial charge in [-0.05, 0) is 36.2 Å². The average molecular weight is 377 g/mol. The van der Waals surface area contributed by atoms with Crippen LogP contribution in [0.1, 0.15) is 28.8 Å². The molecule has 0 atom stereocenters. The van der Waals surface area contributed by atoms with Crippen molar-refractivity contribution in [1.82, 2.24) is 9.88 Å². The van der Waals surface area contributed by atoms with Crippen LogP contribution in [-0.2, 0) is 4.79 Å². The Bertz CT molecular complexity index is 885. The lowest BCUT2D eigenvalue weighted by Crippen LogP contribution is -2.29. The van der Waals surface area contributed by atoms with Crippen LogP contribution in [0.25, 0.3) is 0 Å². The summed E-state index contributed by atoms with van der Waals surface area (Å²) < 4.78 is 0. The van der Waals surface area contributed by atoms with E-state index in [1.807, 2.05) is 43.3 Å². The van der Waals surface area contributed by atoms with Crippen molar-refractivity contribution in [3.8, 4) is 0 Å². The summed E-state index contributed by atoms with van der Waals surface area (Å²) in [4.78, 5) is 31.8. The second kappa shape index (κ2) is 8.47. The standard InChI is InChI=1S/C21H23N5O2/c1-15-4-11-21(28)26(15)14-19(27)17-7-10-20(22-13-17)24-23-12-16-5-8-18(9-6-16)25(2)3/h5-10,12-13H,1,4,11,14H2,2-3H3,(H,22,24)/b23-12+. The number of hydrazone groups is 1. The van der Waals surface area contributed by atoms with Gasteiger partial charge in [0.15, 0.2) is 5.78 Å². The fourth-order valence-corrected chi connectivity index (χ4v) is 2.79. The molecule has 7 heteroatoms. The van der Waals surface area contributed by atoms with Crippen LogP contribution in [0.3, 0.4) is 0 Å². The number of hydrogen-bond acceptors (Lipinski definition) is 6. The van der Waals surface area contributed by atoms with Crippen LogP contribution in [0.15, 0.2) is 60.0 Å². The van der Waals surface area contributed by atoms with Crippen molar-refractivity contribution in [3.63, 3.8) is 0 Å². The lowest BCUT2D eigenvalue weighted by atomic mass is 10.2. The van der Waals surface area contributed by atoms with E-state index >= 15 is 0 Å². The largest absolute Gasteiger partial charge is 0.378 e. The number of ketones is 1. The highest BCUT2D eigenvalue weighted by atomic mass is 16.2.